The van der Waals surface area contributed by atoms with E-state index in [1.807, 2.05) is 6.07 Å². The fourth-order valence-corrected chi connectivity index (χ4v) is 4.45. The minimum Gasteiger partial charge on any atom is -0.383 e. The Kier molecular flexibility index (Phi) is 8.27. The van der Waals surface area contributed by atoms with Gasteiger partial charge in [0.2, 0.25) is 0 Å². The molecule has 1 atom stereocenters. The van der Waals surface area contributed by atoms with Crippen molar-refractivity contribution in [3.05, 3.63) is 76.0 Å². The largest absolute Gasteiger partial charge is 0.416 e. The summed E-state index contributed by atoms with van der Waals surface area (Å²) < 4.78 is 45.2. The molecule has 3 rings (SSSR count). The van der Waals surface area contributed by atoms with Gasteiger partial charge in [0.05, 0.1) is 35.5 Å². The quantitative estimate of drug-likeness (QED) is 0.516. The van der Waals surface area contributed by atoms with Crippen LogP contribution in [0.2, 0.25) is 0 Å². The molecule has 1 aliphatic rings. The molecule has 0 bridgehead atoms. The molecule has 0 saturated heterocycles. The monoisotopic (exact) mass is 528 g/mol. The van der Waals surface area contributed by atoms with Gasteiger partial charge in [-0.2, -0.15) is 18.4 Å². The van der Waals surface area contributed by atoms with Crippen molar-refractivity contribution in [2.24, 2.45) is 0 Å². The third kappa shape index (κ3) is 5.40. The average molecular weight is 529 g/mol. The van der Waals surface area contributed by atoms with Gasteiger partial charge in [-0.05, 0) is 49.7 Å². The lowest BCUT2D eigenvalue weighted by molar-refractivity contribution is -0.137. The van der Waals surface area contributed by atoms with Crippen molar-refractivity contribution in [1.82, 2.24) is 9.80 Å². The Balaban J connectivity index is 2.22. The fraction of sp³-hybridized carbons (Fsp3) is 0.333. The molecule has 1 aliphatic heterocycles. The van der Waals surface area contributed by atoms with Crippen LogP contribution in [0, 0.1) is 11.3 Å². The van der Waals surface area contributed by atoms with Crippen molar-refractivity contribution in [1.29, 1.82) is 5.26 Å². The third-order valence-electron chi connectivity index (χ3n) is 6.37. The van der Waals surface area contributed by atoms with E-state index in [0.29, 0.717) is 5.56 Å². The van der Waals surface area contributed by atoms with Crippen molar-refractivity contribution in [2.45, 2.75) is 26.1 Å². The second-order valence-corrected chi connectivity index (χ2v) is 8.87. The molecule has 1 unspecified atom stereocenters. The van der Waals surface area contributed by atoms with E-state index in [0.717, 1.165) is 17.0 Å². The van der Waals surface area contributed by atoms with E-state index in [1.54, 1.807) is 7.05 Å². The van der Waals surface area contributed by atoms with Crippen molar-refractivity contribution >= 4 is 23.4 Å². The summed E-state index contributed by atoms with van der Waals surface area (Å²) in [7, 11) is 4.46. The molecule has 11 heteroatoms. The number of nitriles is 1. The number of carbonyl (C=O) groups excluding carboxylic acids is 3. The standard InChI is InChI=1S/C27H27F3N4O4/c1-16-23(17(2)35)24(21-10-9-18(15-31)13-22(21)25(36)32(3)11-12-38-5)33(4)26(37)34(16)20-8-6-7-19(14-20)27(28,29)30/h6-10,13-14,24H,11-12H2,1-5H3. The van der Waals surface area contributed by atoms with Gasteiger partial charge in [-0.15, -0.1) is 0 Å². The number of halogens is 3. The van der Waals surface area contributed by atoms with Crippen LogP contribution in [0.15, 0.2) is 53.7 Å². The summed E-state index contributed by atoms with van der Waals surface area (Å²) in [5.74, 6) is -0.879. The number of hydrogen-bond donors (Lipinski definition) is 0. The molecule has 0 aliphatic carbocycles. The summed E-state index contributed by atoms with van der Waals surface area (Å²) in [6.45, 7) is 3.28. The third-order valence-corrected chi connectivity index (χ3v) is 6.37. The maximum absolute atomic E-state index is 13.6. The Labute approximate surface area is 218 Å². The van der Waals surface area contributed by atoms with Crippen LogP contribution in [-0.2, 0) is 15.7 Å². The molecule has 0 aromatic heterocycles. The molecule has 1 heterocycles. The van der Waals surface area contributed by atoms with Crippen molar-refractivity contribution in [3.63, 3.8) is 0 Å². The first-order valence-electron chi connectivity index (χ1n) is 11.6. The number of amides is 3. The lowest BCUT2D eigenvalue weighted by Crippen LogP contribution is -2.49. The maximum atomic E-state index is 13.6. The van der Waals surface area contributed by atoms with Gasteiger partial charge in [0.15, 0.2) is 5.78 Å². The molecule has 38 heavy (non-hydrogen) atoms. The summed E-state index contributed by atoms with van der Waals surface area (Å²) in [6.07, 6.45) is -4.63. The molecule has 0 spiro atoms. The van der Waals surface area contributed by atoms with Crippen LogP contribution in [0.3, 0.4) is 0 Å². The molecule has 0 N–H and O–H groups in total. The minimum absolute atomic E-state index is 0.0539. The van der Waals surface area contributed by atoms with E-state index in [4.69, 9.17) is 4.74 Å². The number of carbonyl (C=O) groups is 3. The summed E-state index contributed by atoms with van der Waals surface area (Å²) >= 11 is 0. The molecule has 0 saturated carbocycles. The Morgan fingerprint density at radius 2 is 1.87 bits per heavy atom. The van der Waals surface area contributed by atoms with Crippen LogP contribution in [0.4, 0.5) is 23.7 Å². The van der Waals surface area contributed by atoms with E-state index in [1.165, 1.54) is 68.1 Å². The number of methoxy groups -OCH3 is 1. The second-order valence-electron chi connectivity index (χ2n) is 8.87. The Morgan fingerprint density at radius 3 is 2.45 bits per heavy atom. The van der Waals surface area contributed by atoms with Crippen LogP contribution in [-0.4, -0.2) is 61.9 Å². The second kappa shape index (κ2) is 11.1. The summed E-state index contributed by atoms with van der Waals surface area (Å²) in [5, 5.41) is 9.43. The van der Waals surface area contributed by atoms with Crippen molar-refractivity contribution in [2.75, 3.05) is 39.3 Å². The highest BCUT2D eigenvalue weighted by Gasteiger charge is 2.41. The highest BCUT2D eigenvalue weighted by atomic mass is 19.4. The molecule has 0 fully saturated rings. The molecule has 0 radical (unpaired) electrons. The number of Topliss-reactive ketones (excluding diaryl/α,β-unsaturated/α-hetero) is 1. The van der Waals surface area contributed by atoms with Crippen molar-refractivity contribution < 1.29 is 32.3 Å². The summed E-state index contributed by atoms with van der Waals surface area (Å²) in [5.41, 5.74) is -0.0970. The molecular formula is C27H27F3N4O4. The number of anilines is 1. The smallest absolute Gasteiger partial charge is 0.383 e. The van der Waals surface area contributed by atoms with E-state index < -0.39 is 35.5 Å². The predicted molar refractivity (Wildman–Crippen MR) is 133 cm³/mol. The van der Waals surface area contributed by atoms with E-state index in [-0.39, 0.29) is 41.2 Å². The number of hydrogen-bond acceptors (Lipinski definition) is 5. The van der Waals surface area contributed by atoms with Gasteiger partial charge in [0.25, 0.3) is 5.91 Å². The van der Waals surface area contributed by atoms with Crippen LogP contribution in [0.25, 0.3) is 0 Å². The summed E-state index contributed by atoms with van der Waals surface area (Å²) in [6, 6.07) is 8.94. The first-order chi connectivity index (χ1) is 17.8. The normalized spacial score (nSPS) is 16.0. The molecular weight excluding hydrogens is 501 g/mol. The number of urea groups is 1. The topological polar surface area (TPSA) is 94.0 Å². The SMILES string of the molecule is COCCN(C)C(=O)c1cc(C#N)ccc1C1C(C(C)=O)=C(C)N(c2cccc(C(F)(F)F)c2)C(=O)N1C. The maximum Gasteiger partial charge on any atom is 0.416 e. The zero-order chi connectivity index (χ0) is 28.4. The molecule has 8 nitrogen and oxygen atoms in total. The minimum atomic E-state index is -4.63. The van der Waals surface area contributed by atoms with Gasteiger partial charge in [-0.1, -0.05) is 12.1 Å². The molecule has 200 valence electrons. The zero-order valence-corrected chi connectivity index (χ0v) is 21.6. The Bertz CT molecular complexity index is 1350. The van der Waals surface area contributed by atoms with E-state index in [9.17, 15) is 32.8 Å². The predicted octanol–water partition coefficient (Wildman–Crippen LogP) is 4.77. The zero-order valence-electron chi connectivity index (χ0n) is 21.6. The van der Waals surface area contributed by atoms with Crippen LogP contribution in [0.5, 0.6) is 0 Å². The number of alkyl halides is 3. The highest BCUT2D eigenvalue weighted by Crippen LogP contribution is 2.41. The van der Waals surface area contributed by atoms with Gasteiger partial charge in [0, 0.05) is 44.6 Å². The first kappa shape index (κ1) is 28.4. The number of nitrogens with zero attached hydrogens (tertiary/aromatic N) is 4. The van der Waals surface area contributed by atoms with Gasteiger partial charge in [0.1, 0.15) is 0 Å². The van der Waals surface area contributed by atoms with Crippen LogP contribution in [0.1, 0.15) is 46.9 Å². The van der Waals surface area contributed by atoms with Gasteiger partial charge in [-0.25, -0.2) is 4.79 Å². The van der Waals surface area contributed by atoms with E-state index in [2.05, 4.69) is 0 Å². The Morgan fingerprint density at radius 1 is 1.18 bits per heavy atom. The number of benzene rings is 2. The number of rotatable bonds is 7. The first-order valence-corrected chi connectivity index (χ1v) is 11.6. The lowest BCUT2D eigenvalue weighted by atomic mass is 9.87. The lowest BCUT2D eigenvalue weighted by Gasteiger charge is -2.42. The van der Waals surface area contributed by atoms with Gasteiger partial charge in [-0.3, -0.25) is 14.5 Å². The summed E-state index contributed by atoms with van der Waals surface area (Å²) in [4.78, 5) is 43.6. The number of likely N-dealkylation sites (N-methyl/N-ethyl adjacent to an activating group) is 2. The van der Waals surface area contributed by atoms with Gasteiger partial charge >= 0.3 is 12.2 Å². The number of allylic oxidation sites excluding steroid dienone is 1. The number of ether oxygens (including phenoxy) is 1. The van der Waals surface area contributed by atoms with Crippen LogP contribution < -0.4 is 4.90 Å². The molecule has 2 aromatic carbocycles. The molecule has 2 aromatic rings. The van der Waals surface area contributed by atoms with Crippen molar-refractivity contribution in [3.8, 4) is 6.07 Å². The average Bonchev–Trinajstić information content (AvgIpc) is 2.88. The van der Waals surface area contributed by atoms with Crippen LogP contribution >= 0.6 is 0 Å². The highest BCUT2D eigenvalue weighted by molar-refractivity contribution is 6.06. The Hall–Kier alpha value is -4.17. The molecule has 3 amide bonds. The van der Waals surface area contributed by atoms with Gasteiger partial charge < -0.3 is 14.5 Å². The number of ketones is 1. The fourth-order valence-electron chi connectivity index (χ4n) is 4.45. The van der Waals surface area contributed by atoms with E-state index >= 15 is 0 Å².